The SMILES string of the molecule is O=C(O)c1ccc2c(c1)OC(c1ccc([C@@H]3CC34CCN(C(=O)[C@H]3CCCO3)CC4)cc1)N2. The van der Waals surface area contributed by atoms with Gasteiger partial charge >= 0.3 is 5.97 Å². The van der Waals surface area contributed by atoms with Crippen LogP contribution in [0.25, 0.3) is 0 Å². The Hall–Kier alpha value is -3.06. The summed E-state index contributed by atoms with van der Waals surface area (Å²) in [6, 6.07) is 13.5. The molecule has 0 aromatic heterocycles. The van der Waals surface area contributed by atoms with E-state index in [1.165, 1.54) is 12.0 Å². The molecule has 0 radical (unpaired) electrons. The zero-order valence-electron chi connectivity index (χ0n) is 18.5. The molecule has 4 aliphatic rings. The predicted molar refractivity (Wildman–Crippen MR) is 121 cm³/mol. The van der Waals surface area contributed by atoms with Crippen molar-refractivity contribution in [1.29, 1.82) is 0 Å². The number of anilines is 1. The molecular formula is C26H28N2O5. The molecule has 7 heteroatoms. The van der Waals surface area contributed by atoms with Gasteiger partial charge in [-0.25, -0.2) is 4.79 Å². The van der Waals surface area contributed by atoms with E-state index in [0.29, 0.717) is 23.7 Å². The van der Waals surface area contributed by atoms with Gasteiger partial charge in [0.25, 0.3) is 5.91 Å². The molecule has 172 valence electrons. The number of fused-ring (bicyclic) bond motifs is 1. The van der Waals surface area contributed by atoms with Crippen molar-refractivity contribution in [3.63, 3.8) is 0 Å². The number of nitrogens with zero attached hydrogens (tertiary/aromatic N) is 1. The summed E-state index contributed by atoms with van der Waals surface area (Å²) in [5.41, 5.74) is 3.72. The number of ether oxygens (including phenoxy) is 2. The molecule has 2 aromatic rings. The number of carboxylic acid groups (broad SMARTS) is 1. The van der Waals surface area contributed by atoms with Crippen molar-refractivity contribution in [1.82, 2.24) is 4.90 Å². The summed E-state index contributed by atoms with van der Waals surface area (Å²) in [5.74, 6) is 0.341. The average molecular weight is 449 g/mol. The fourth-order valence-corrected chi connectivity index (χ4v) is 5.74. The summed E-state index contributed by atoms with van der Waals surface area (Å²) in [6.45, 7) is 2.39. The van der Waals surface area contributed by atoms with E-state index >= 15 is 0 Å². The minimum absolute atomic E-state index is 0.185. The molecule has 7 nitrogen and oxygen atoms in total. The number of carbonyl (C=O) groups is 2. The van der Waals surface area contributed by atoms with Crippen LogP contribution in [0.15, 0.2) is 42.5 Å². The van der Waals surface area contributed by atoms with Crippen LogP contribution in [0.4, 0.5) is 5.69 Å². The lowest BCUT2D eigenvalue weighted by molar-refractivity contribution is -0.142. The fourth-order valence-electron chi connectivity index (χ4n) is 5.74. The van der Waals surface area contributed by atoms with E-state index < -0.39 is 5.97 Å². The fraction of sp³-hybridized carbons (Fsp3) is 0.462. The van der Waals surface area contributed by atoms with Crippen molar-refractivity contribution in [2.75, 3.05) is 25.0 Å². The number of carboxylic acids is 1. The largest absolute Gasteiger partial charge is 0.478 e. The van der Waals surface area contributed by atoms with E-state index in [1.807, 2.05) is 4.90 Å². The third kappa shape index (κ3) is 3.64. The monoisotopic (exact) mass is 448 g/mol. The molecule has 1 spiro atoms. The molecule has 1 saturated carbocycles. The molecule has 1 aliphatic carbocycles. The van der Waals surface area contributed by atoms with Gasteiger partial charge in [0.15, 0.2) is 6.23 Å². The Labute approximate surface area is 192 Å². The molecular weight excluding hydrogens is 420 g/mol. The molecule has 0 bridgehead atoms. The quantitative estimate of drug-likeness (QED) is 0.730. The molecule has 3 fully saturated rings. The van der Waals surface area contributed by atoms with E-state index in [9.17, 15) is 14.7 Å². The summed E-state index contributed by atoms with van der Waals surface area (Å²) in [5, 5.41) is 12.5. The van der Waals surface area contributed by atoms with Crippen LogP contribution in [0.2, 0.25) is 0 Å². The zero-order valence-corrected chi connectivity index (χ0v) is 18.5. The van der Waals surface area contributed by atoms with Crippen molar-refractivity contribution in [2.45, 2.75) is 50.4 Å². The van der Waals surface area contributed by atoms with Gasteiger partial charge in [-0.3, -0.25) is 4.79 Å². The van der Waals surface area contributed by atoms with Crippen molar-refractivity contribution in [2.24, 2.45) is 5.41 Å². The van der Waals surface area contributed by atoms with Gasteiger partial charge in [-0.1, -0.05) is 24.3 Å². The normalized spacial score (nSPS) is 27.0. The van der Waals surface area contributed by atoms with Crippen LogP contribution in [-0.4, -0.2) is 47.7 Å². The molecule has 1 unspecified atom stereocenters. The van der Waals surface area contributed by atoms with Crippen molar-refractivity contribution in [3.8, 4) is 5.75 Å². The molecule has 2 saturated heterocycles. The maximum atomic E-state index is 12.6. The van der Waals surface area contributed by atoms with Gasteiger partial charge in [-0.15, -0.1) is 0 Å². The number of hydrogen-bond acceptors (Lipinski definition) is 5. The number of likely N-dealkylation sites (tertiary alicyclic amines) is 1. The summed E-state index contributed by atoms with van der Waals surface area (Å²) in [4.78, 5) is 25.8. The second kappa shape index (κ2) is 7.76. The molecule has 6 rings (SSSR count). The Morgan fingerprint density at radius 3 is 2.52 bits per heavy atom. The second-order valence-corrected chi connectivity index (χ2v) is 9.77. The van der Waals surface area contributed by atoms with Crippen molar-refractivity contribution in [3.05, 3.63) is 59.2 Å². The minimum atomic E-state index is -0.963. The highest BCUT2D eigenvalue weighted by Crippen LogP contribution is 2.65. The van der Waals surface area contributed by atoms with Gasteiger partial charge in [0, 0.05) is 25.3 Å². The van der Waals surface area contributed by atoms with Gasteiger partial charge in [-0.05, 0) is 67.2 Å². The molecule has 2 N–H and O–H groups in total. The highest BCUT2D eigenvalue weighted by Gasteiger charge is 2.55. The lowest BCUT2D eigenvalue weighted by Crippen LogP contribution is -2.44. The first-order valence-corrected chi connectivity index (χ1v) is 11.8. The van der Waals surface area contributed by atoms with Crippen molar-refractivity contribution >= 4 is 17.6 Å². The number of aromatic carboxylic acids is 1. The van der Waals surface area contributed by atoms with Gasteiger partial charge in [0.05, 0.1) is 11.3 Å². The first-order valence-electron chi connectivity index (χ1n) is 11.8. The first kappa shape index (κ1) is 20.5. The summed E-state index contributed by atoms with van der Waals surface area (Å²) >= 11 is 0. The Morgan fingerprint density at radius 1 is 1.06 bits per heavy atom. The summed E-state index contributed by atoms with van der Waals surface area (Å²) in [6.07, 6.45) is 4.63. The van der Waals surface area contributed by atoms with E-state index in [1.54, 1.807) is 18.2 Å². The molecule has 1 amide bonds. The maximum absolute atomic E-state index is 12.6. The first-order chi connectivity index (χ1) is 16.0. The molecule has 3 heterocycles. The van der Waals surface area contributed by atoms with Crippen LogP contribution in [0.3, 0.4) is 0 Å². The van der Waals surface area contributed by atoms with Gasteiger partial charge in [0.1, 0.15) is 11.9 Å². The Morgan fingerprint density at radius 2 is 1.82 bits per heavy atom. The predicted octanol–water partition coefficient (Wildman–Crippen LogP) is 4.16. The van der Waals surface area contributed by atoms with Crippen LogP contribution in [0.1, 0.15) is 65.7 Å². The van der Waals surface area contributed by atoms with Crippen LogP contribution in [-0.2, 0) is 9.53 Å². The van der Waals surface area contributed by atoms with E-state index in [4.69, 9.17) is 9.47 Å². The Bertz CT molecular complexity index is 1080. The lowest BCUT2D eigenvalue weighted by atomic mass is 9.88. The third-order valence-electron chi connectivity index (χ3n) is 7.87. The Balaban J connectivity index is 1.07. The van der Waals surface area contributed by atoms with E-state index in [-0.39, 0.29) is 23.8 Å². The summed E-state index contributed by atoms with van der Waals surface area (Å²) < 4.78 is 11.5. The number of rotatable bonds is 4. The van der Waals surface area contributed by atoms with Gasteiger partial charge in [-0.2, -0.15) is 0 Å². The minimum Gasteiger partial charge on any atom is -0.478 e. The number of benzene rings is 2. The van der Waals surface area contributed by atoms with Crippen LogP contribution >= 0.6 is 0 Å². The lowest BCUT2D eigenvalue weighted by Gasteiger charge is -2.34. The zero-order chi connectivity index (χ0) is 22.6. The van der Waals surface area contributed by atoms with Crippen molar-refractivity contribution < 1.29 is 24.2 Å². The Kier molecular flexibility index (Phi) is 4.83. The number of hydrogen-bond donors (Lipinski definition) is 2. The third-order valence-corrected chi connectivity index (χ3v) is 7.87. The molecule has 33 heavy (non-hydrogen) atoms. The molecule has 3 atom stereocenters. The number of nitrogens with one attached hydrogen (secondary N) is 1. The highest BCUT2D eigenvalue weighted by molar-refractivity contribution is 5.89. The van der Waals surface area contributed by atoms with Crippen LogP contribution < -0.4 is 10.1 Å². The van der Waals surface area contributed by atoms with Gasteiger partial charge < -0.3 is 24.8 Å². The van der Waals surface area contributed by atoms with E-state index in [0.717, 1.165) is 50.0 Å². The number of carbonyl (C=O) groups excluding carboxylic acids is 1. The standard InChI is InChI=1S/C26H28N2O5/c29-24(21-2-1-13-32-21)28-11-9-26(10-12-28)15-19(26)16-3-5-17(6-4-16)23-27-20-8-7-18(25(30)31)14-22(20)33-23/h3-8,14,19,21,23,27H,1-2,9-13,15H2,(H,30,31)/t19-,21+,23?/m0/s1. The number of piperidine rings is 1. The second-order valence-electron chi connectivity index (χ2n) is 9.77. The van der Waals surface area contributed by atoms with E-state index in [2.05, 4.69) is 29.6 Å². The highest BCUT2D eigenvalue weighted by atomic mass is 16.5. The molecule has 2 aromatic carbocycles. The average Bonchev–Trinajstić information content (AvgIpc) is 3.21. The smallest absolute Gasteiger partial charge is 0.335 e. The topological polar surface area (TPSA) is 88.1 Å². The van der Waals surface area contributed by atoms with Gasteiger partial charge in [0.2, 0.25) is 0 Å². The number of amides is 1. The summed E-state index contributed by atoms with van der Waals surface area (Å²) in [7, 11) is 0. The van der Waals surface area contributed by atoms with Crippen LogP contribution in [0.5, 0.6) is 5.75 Å². The maximum Gasteiger partial charge on any atom is 0.335 e. The molecule has 3 aliphatic heterocycles. The van der Waals surface area contributed by atoms with Crippen LogP contribution in [0, 0.1) is 5.41 Å².